The summed E-state index contributed by atoms with van der Waals surface area (Å²) in [5, 5.41) is 23.2. The first-order valence-corrected chi connectivity index (χ1v) is 8.60. The minimum Gasteiger partial charge on any atom is -0.509 e. The van der Waals surface area contributed by atoms with Gasteiger partial charge in [0.1, 0.15) is 5.76 Å². The summed E-state index contributed by atoms with van der Waals surface area (Å²) in [5.41, 5.74) is -2.66. The smallest absolute Gasteiger partial charge is 0.417 e. The number of aliphatic hydroxyl groups excluding tert-OH is 1. The summed E-state index contributed by atoms with van der Waals surface area (Å²) in [4.78, 5) is 12.5. The van der Waals surface area contributed by atoms with Crippen molar-refractivity contribution in [2.75, 3.05) is 0 Å². The van der Waals surface area contributed by atoms with Crippen molar-refractivity contribution >= 4 is 27.4 Å². The number of rotatable bonds is 1. The molecule has 0 radical (unpaired) electrons. The first kappa shape index (κ1) is 18.3. The second kappa shape index (κ2) is 5.74. The normalized spacial score (nSPS) is 30.1. The highest BCUT2D eigenvalue weighted by Crippen LogP contribution is 2.49. The molecular weight excluding hydrogens is 403 g/mol. The van der Waals surface area contributed by atoms with Crippen LogP contribution in [0.2, 0.25) is 0 Å². The van der Waals surface area contributed by atoms with Gasteiger partial charge in [-0.3, -0.25) is 4.79 Å². The minimum atomic E-state index is -4.74. The van der Waals surface area contributed by atoms with Gasteiger partial charge in [0.15, 0.2) is 5.60 Å². The third kappa shape index (κ3) is 2.85. The third-order valence-corrected chi connectivity index (χ3v) is 5.69. The molecule has 0 atom stereocenters. The highest BCUT2D eigenvalue weighted by molar-refractivity contribution is 9.10. The third-order valence-electron chi connectivity index (χ3n) is 5.20. The summed E-state index contributed by atoms with van der Waals surface area (Å²) in [6.45, 7) is 1.78. The molecule has 0 bridgehead atoms. The Balaban J connectivity index is 1.98. The number of carbonyl (C=O) groups excluding carboxylic acids is 1. The van der Waals surface area contributed by atoms with E-state index in [1.165, 1.54) is 0 Å². The van der Waals surface area contributed by atoms with Gasteiger partial charge in [-0.15, -0.1) is 0 Å². The zero-order valence-corrected chi connectivity index (χ0v) is 15.0. The van der Waals surface area contributed by atoms with Crippen molar-refractivity contribution in [2.45, 2.75) is 49.9 Å². The molecule has 0 unspecified atom stereocenters. The van der Waals surface area contributed by atoms with E-state index >= 15 is 0 Å². The number of alkyl halides is 3. The highest BCUT2D eigenvalue weighted by Gasteiger charge is 2.59. The van der Waals surface area contributed by atoms with Gasteiger partial charge in [-0.05, 0) is 55.9 Å². The lowest BCUT2D eigenvalue weighted by atomic mass is 9.73. The fourth-order valence-electron chi connectivity index (χ4n) is 3.53. The van der Waals surface area contributed by atoms with Crippen LogP contribution in [-0.2, 0) is 4.79 Å². The molecule has 1 amide bonds. The maximum Gasteiger partial charge on any atom is 0.417 e. The molecule has 3 rings (SSSR count). The predicted octanol–water partition coefficient (Wildman–Crippen LogP) is 3.76. The molecule has 1 aromatic rings. The number of benzene rings is 1. The Hall–Kier alpha value is -1.54. The average molecular weight is 420 g/mol. The Kier molecular flexibility index (Phi) is 4.19. The quantitative estimate of drug-likeness (QED) is 0.648. The van der Waals surface area contributed by atoms with Gasteiger partial charge in [0.2, 0.25) is 0 Å². The summed E-state index contributed by atoms with van der Waals surface area (Å²) in [7, 11) is 0. The van der Waals surface area contributed by atoms with Crippen LogP contribution in [0.4, 0.5) is 13.2 Å². The fourth-order valence-corrected chi connectivity index (χ4v) is 3.90. The number of halogens is 4. The molecule has 1 fully saturated rings. The molecule has 1 aliphatic heterocycles. The SMILES string of the molecule is Cc1ccc(Br)cc1C1=C(O)C2(CCC(O)(C(F)(F)F)CC2)NC1=O. The van der Waals surface area contributed by atoms with Crippen molar-refractivity contribution in [3.05, 3.63) is 39.6 Å². The van der Waals surface area contributed by atoms with Gasteiger partial charge < -0.3 is 15.5 Å². The van der Waals surface area contributed by atoms with E-state index in [4.69, 9.17) is 0 Å². The Labute approximate surface area is 150 Å². The van der Waals surface area contributed by atoms with Crippen LogP contribution in [0, 0.1) is 6.92 Å². The van der Waals surface area contributed by atoms with Gasteiger partial charge in [0.25, 0.3) is 5.91 Å². The van der Waals surface area contributed by atoms with Gasteiger partial charge in [-0.1, -0.05) is 22.0 Å². The van der Waals surface area contributed by atoms with Crippen LogP contribution in [-0.4, -0.2) is 33.4 Å². The van der Waals surface area contributed by atoms with E-state index in [9.17, 15) is 28.2 Å². The Morgan fingerprint density at radius 3 is 2.36 bits per heavy atom. The molecular formula is C17H17BrF3NO3. The lowest BCUT2D eigenvalue weighted by molar-refractivity contribution is -0.272. The molecule has 1 heterocycles. The van der Waals surface area contributed by atoms with Gasteiger partial charge >= 0.3 is 6.18 Å². The zero-order valence-electron chi connectivity index (χ0n) is 13.4. The first-order chi connectivity index (χ1) is 11.5. The number of aryl methyl sites for hydroxylation is 1. The molecule has 136 valence electrons. The van der Waals surface area contributed by atoms with E-state index in [1.807, 2.05) is 0 Å². The number of amides is 1. The van der Waals surface area contributed by atoms with Crippen molar-refractivity contribution in [2.24, 2.45) is 0 Å². The summed E-state index contributed by atoms with van der Waals surface area (Å²) in [6, 6.07) is 5.26. The maximum atomic E-state index is 13.0. The van der Waals surface area contributed by atoms with E-state index in [0.717, 1.165) is 10.0 Å². The monoisotopic (exact) mass is 419 g/mol. The first-order valence-electron chi connectivity index (χ1n) is 7.81. The molecule has 0 saturated heterocycles. The van der Waals surface area contributed by atoms with E-state index in [0.29, 0.717) is 5.56 Å². The van der Waals surface area contributed by atoms with Crippen LogP contribution in [0.5, 0.6) is 0 Å². The van der Waals surface area contributed by atoms with E-state index < -0.39 is 36.1 Å². The molecule has 8 heteroatoms. The molecule has 2 aliphatic rings. The van der Waals surface area contributed by atoms with E-state index in [1.54, 1.807) is 25.1 Å². The van der Waals surface area contributed by atoms with Gasteiger partial charge in [0.05, 0.1) is 11.1 Å². The predicted molar refractivity (Wildman–Crippen MR) is 88.8 cm³/mol. The van der Waals surface area contributed by atoms with Gasteiger partial charge in [-0.25, -0.2) is 0 Å². The van der Waals surface area contributed by atoms with Crippen molar-refractivity contribution in [1.29, 1.82) is 0 Å². The Bertz CT molecular complexity index is 765. The maximum absolute atomic E-state index is 13.0. The lowest BCUT2D eigenvalue weighted by Gasteiger charge is -2.42. The van der Waals surface area contributed by atoms with Gasteiger partial charge in [-0.2, -0.15) is 13.2 Å². The van der Waals surface area contributed by atoms with Gasteiger partial charge in [0, 0.05) is 4.47 Å². The Morgan fingerprint density at radius 2 is 1.80 bits per heavy atom. The second-order valence-electron chi connectivity index (χ2n) is 6.75. The van der Waals surface area contributed by atoms with Crippen LogP contribution in [0.25, 0.3) is 5.57 Å². The molecule has 1 aliphatic carbocycles. The second-order valence-corrected chi connectivity index (χ2v) is 7.66. The number of hydrogen-bond acceptors (Lipinski definition) is 3. The molecule has 1 aromatic carbocycles. The van der Waals surface area contributed by atoms with Crippen LogP contribution < -0.4 is 5.32 Å². The topological polar surface area (TPSA) is 69.6 Å². The van der Waals surface area contributed by atoms with Crippen molar-refractivity contribution in [3.8, 4) is 0 Å². The number of hydrogen-bond donors (Lipinski definition) is 3. The van der Waals surface area contributed by atoms with E-state index in [2.05, 4.69) is 21.2 Å². The average Bonchev–Trinajstić information content (AvgIpc) is 2.75. The fraction of sp³-hybridized carbons (Fsp3) is 0.471. The van der Waals surface area contributed by atoms with Crippen molar-refractivity contribution < 1.29 is 28.2 Å². The summed E-state index contributed by atoms with van der Waals surface area (Å²) < 4.78 is 39.7. The largest absolute Gasteiger partial charge is 0.509 e. The van der Waals surface area contributed by atoms with Crippen LogP contribution in [0.15, 0.2) is 28.4 Å². The molecule has 0 aromatic heterocycles. The molecule has 4 nitrogen and oxygen atoms in total. The number of aliphatic hydroxyl groups is 2. The number of nitrogens with one attached hydrogen (secondary N) is 1. The van der Waals surface area contributed by atoms with Crippen molar-refractivity contribution in [1.82, 2.24) is 5.32 Å². The van der Waals surface area contributed by atoms with E-state index in [-0.39, 0.29) is 24.2 Å². The summed E-state index contributed by atoms with van der Waals surface area (Å²) >= 11 is 3.31. The summed E-state index contributed by atoms with van der Waals surface area (Å²) in [5.74, 6) is -0.765. The number of carbonyl (C=O) groups is 1. The minimum absolute atomic E-state index is 0.0799. The lowest BCUT2D eigenvalue weighted by Crippen LogP contribution is -2.56. The molecule has 1 saturated carbocycles. The van der Waals surface area contributed by atoms with Crippen LogP contribution in [0.1, 0.15) is 36.8 Å². The zero-order chi connectivity index (χ0) is 18.6. The Morgan fingerprint density at radius 1 is 1.20 bits per heavy atom. The molecule has 1 spiro atoms. The molecule has 3 N–H and O–H groups in total. The standard InChI is InChI=1S/C17H17BrF3NO3/c1-9-2-3-10(18)8-11(9)12-13(23)15(22-14(12)24)4-6-16(25,7-5-15)17(19,20)21/h2-3,8,23,25H,4-7H2,1H3,(H,22,24). The van der Waals surface area contributed by atoms with Crippen molar-refractivity contribution in [3.63, 3.8) is 0 Å². The van der Waals surface area contributed by atoms with Crippen LogP contribution in [0.3, 0.4) is 0 Å². The van der Waals surface area contributed by atoms with Crippen LogP contribution >= 0.6 is 15.9 Å². The molecule has 25 heavy (non-hydrogen) atoms. The summed E-state index contributed by atoms with van der Waals surface area (Å²) in [6.07, 6.45) is -6.26. The highest BCUT2D eigenvalue weighted by atomic mass is 79.9.